The van der Waals surface area contributed by atoms with Crippen molar-refractivity contribution < 1.29 is 4.79 Å². The number of aromatic nitrogens is 1. The molecular formula is C34H35N5O. The lowest BCUT2D eigenvalue weighted by atomic mass is 9.99. The predicted octanol–water partition coefficient (Wildman–Crippen LogP) is 6.39. The van der Waals surface area contributed by atoms with Crippen LogP contribution in [0, 0.1) is 18.3 Å². The number of nitrogens with zero attached hydrogens (tertiary/aromatic N) is 4. The number of aryl methyl sites for hydroxylation is 1. The van der Waals surface area contributed by atoms with Crippen LogP contribution < -0.4 is 5.32 Å². The molecular weight excluding hydrogens is 494 g/mol. The van der Waals surface area contributed by atoms with Crippen LogP contribution in [0.1, 0.15) is 52.7 Å². The predicted molar refractivity (Wildman–Crippen MR) is 160 cm³/mol. The largest absolute Gasteiger partial charge is 0.366 e. The fourth-order valence-electron chi connectivity index (χ4n) is 6.12. The van der Waals surface area contributed by atoms with E-state index in [2.05, 4.69) is 46.3 Å². The number of nitriles is 1. The van der Waals surface area contributed by atoms with Crippen LogP contribution in [0.25, 0.3) is 22.0 Å². The molecule has 0 saturated carbocycles. The molecule has 40 heavy (non-hydrogen) atoms. The number of carbonyl (C=O) groups is 1. The number of hydrogen-bond donors (Lipinski definition) is 1. The Hall–Kier alpha value is -4.21. The van der Waals surface area contributed by atoms with Gasteiger partial charge >= 0.3 is 0 Å². The van der Waals surface area contributed by atoms with Crippen molar-refractivity contribution in [2.75, 3.05) is 31.5 Å². The average molecular weight is 530 g/mol. The minimum absolute atomic E-state index is 0.0880. The molecule has 1 N–H and O–H groups in total. The first-order valence-corrected chi connectivity index (χ1v) is 14.4. The maximum atomic E-state index is 14.3. The van der Waals surface area contributed by atoms with Gasteiger partial charge in [-0.2, -0.15) is 5.26 Å². The van der Waals surface area contributed by atoms with Crippen LogP contribution in [0.3, 0.4) is 0 Å². The van der Waals surface area contributed by atoms with E-state index in [0.29, 0.717) is 23.5 Å². The molecule has 6 rings (SSSR count). The third-order valence-electron chi connectivity index (χ3n) is 8.41. The summed E-state index contributed by atoms with van der Waals surface area (Å²) in [4.78, 5) is 23.8. The second kappa shape index (κ2) is 11.5. The summed E-state index contributed by atoms with van der Waals surface area (Å²) < 4.78 is 0. The minimum atomic E-state index is 0.0880. The number of carbonyl (C=O) groups excluding carboxylic acids is 1. The van der Waals surface area contributed by atoms with Crippen LogP contribution in [-0.2, 0) is 6.54 Å². The van der Waals surface area contributed by atoms with E-state index >= 15 is 0 Å². The van der Waals surface area contributed by atoms with Crippen molar-refractivity contribution >= 4 is 22.6 Å². The number of hydrogen-bond acceptors (Lipinski definition) is 5. The van der Waals surface area contributed by atoms with Crippen LogP contribution >= 0.6 is 0 Å². The lowest BCUT2D eigenvalue weighted by Gasteiger charge is -2.29. The van der Waals surface area contributed by atoms with Crippen LogP contribution in [0.15, 0.2) is 72.8 Å². The van der Waals surface area contributed by atoms with Gasteiger partial charge in [-0.1, -0.05) is 42.5 Å². The van der Waals surface area contributed by atoms with Crippen molar-refractivity contribution in [3.8, 4) is 17.2 Å². The van der Waals surface area contributed by atoms with E-state index in [0.717, 1.165) is 61.1 Å². The molecule has 3 aromatic carbocycles. The SMILES string of the molecule is Cc1ccccc1CNc1cc(C(=O)N2CCCC2CN2CCCC2)c2cc(-c3ccc(C#N)cc3)ccc2n1. The molecule has 2 fully saturated rings. The Morgan fingerprint density at radius 1 is 0.975 bits per heavy atom. The number of fused-ring (bicyclic) bond motifs is 1. The van der Waals surface area contributed by atoms with E-state index < -0.39 is 0 Å². The topological polar surface area (TPSA) is 72.3 Å². The first-order chi connectivity index (χ1) is 19.6. The average Bonchev–Trinajstić information content (AvgIpc) is 3.68. The Kier molecular flexibility index (Phi) is 7.48. The lowest BCUT2D eigenvalue weighted by Crippen LogP contribution is -2.42. The number of nitrogens with one attached hydrogen (secondary N) is 1. The molecule has 0 bridgehead atoms. The monoisotopic (exact) mass is 529 g/mol. The first kappa shape index (κ1) is 26.0. The maximum absolute atomic E-state index is 14.3. The lowest BCUT2D eigenvalue weighted by molar-refractivity contribution is 0.0710. The normalized spacial score (nSPS) is 17.3. The zero-order valence-corrected chi connectivity index (χ0v) is 23.1. The summed E-state index contributed by atoms with van der Waals surface area (Å²) in [7, 11) is 0. The molecule has 2 aliphatic rings. The van der Waals surface area contributed by atoms with Crippen LogP contribution in [0.5, 0.6) is 0 Å². The number of amides is 1. The van der Waals surface area contributed by atoms with Crippen molar-refractivity contribution in [2.45, 2.75) is 45.2 Å². The molecule has 202 valence electrons. The van der Waals surface area contributed by atoms with Gasteiger partial charge < -0.3 is 15.1 Å². The van der Waals surface area contributed by atoms with Crippen molar-refractivity contribution in [3.05, 3.63) is 95.1 Å². The highest BCUT2D eigenvalue weighted by Gasteiger charge is 2.32. The van der Waals surface area contributed by atoms with Crippen LogP contribution in [0.2, 0.25) is 0 Å². The Bertz CT molecular complexity index is 1570. The maximum Gasteiger partial charge on any atom is 0.254 e. The van der Waals surface area contributed by atoms with Gasteiger partial charge in [0.15, 0.2) is 0 Å². The molecule has 1 atom stereocenters. The molecule has 1 aromatic heterocycles. The molecule has 0 spiro atoms. The summed E-state index contributed by atoms with van der Waals surface area (Å²) >= 11 is 0. The van der Waals surface area contributed by atoms with E-state index in [4.69, 9.17) is 4.98 Å². The molecule has 3 heterocycles. The van der Waals surface area contributed by atoms with E-state index in [-0.39, 0.29) is 11.9 Å². The van der Waals surface area contributed by atoms with Gasteiger partial charge in [-0.25, -0.2) is 4.98 Å². The Morgan fingerprint density at radius 2 is 1.75 bits per heavy atom. The quantitative estimate of drug-likeness (QED) is 0.300. The summed E-state index contributed by atoms with van der Waals surface area (Å²) in [5.74, 6) is 0.797. The zero-order chi connectivity index (χ0) is 27.5. The van der Waals surface area contributed by atoms with Crippen molar-refractivity contribution in [1.82, 2.24) is 14.8 Å². The molecule has 0 radical (unpaired) electrons. The number of likely N-dealkylation sites (tertiary alicyclic amines) is 2. The van der Waals surface area contributed by atoms with Crippen molar-refractivity contribution in [2.24, 2.45) is 0 Å². The number of rotatable bonds is 7. The standard InChI is InChI=1S/C34H35N5O/c1-24-7-2-3-8-28(24)22-36-33-20-31(34(40)39-18-6-9-29(39)23-38-16-4-5-17-38)30-19-27(14-15-32(30)37-33)26-12-10-25(21-35)11-13-26/h2-3,7-8,10-15,19-20,29H,4-6,9,16-18,22-23H2,1H3,(H,36,37). The van der Waals surface area contributed by atoms with Crippen LogP contribution in [-0.4, -0.2) is 52.9 Å². The highest BCUT2D eigenvalue weighted by Crippen LogP contribution is 2.31. The van der Waals surface area contributed by atoms with Gasteiger partial charge in [-0.05, 0) is 98.3 Å². The van der Waals surface area contributed by atoms with E-state index in [1.807, 2.05) is 54.6 Å². The minimum Gasteiger partial charge on any atom is -0.366 e. The summed E-state index contributed by atoms with van der Waals surface area (Å²) in [6, 6.07) is 26.4. The fourth-order valence-corrected chi connectivity index (χ4v) is 6.12. The second-order valence-electron chi connectivity index (χ2n) is 11.1. The Labute approximate surface area is 236 Å². The molecule has 0 aliphatic carbocycles. The zero-order valence-electron chi connectivity index (χ0n) is 23.1. The van der Waals surface area contributed by atoms with Gasteiger partial charge in [0.1, 0.15) is 5.82 Å². The molecule has 2 saturated heterocycles. The summed E-state index contributed by atoms with van der Waals surface area (Å²) in [6.45, 7) is 6.78. The third kappa shape index (κ3) is 5.43. The molecule has 4 aromatic rings. The smallest absolute Gasteiger partial charge is 0.254 e. The number of benzene rings is 3. The van der Waals surface area contributed by atoms with Crippen LogP contribution in [0.4, 0.5) is 5.82 Å². The van der Waals surface area contributed by atoms with Gasteiger partial charge in [-0.15, -0.1) is 0 Å². The van der Waals surface area contributed by atoms with E-state index in [1.165, 1.54) is 24.0 Å². The molecule has 1 unspecified atom stereocenters. The molecule has 1 amide bonds. The van der Waals surface area contributed by atoms with Gasteiger partial charge in [0.2, 0.25) is 0 Å². The van der Waals surface area contributed by atoms with Gasteiger partial charge in [-0.3, -0.25) is 4.79 Å². The Morgan fingerprint density at radius 3 is 2.52 bits per heavy atom. The highest BCUT2D eigenvalue weighted by atomic mass is 16.2. The first-order valence-electron chi connectivity index (χ1n) is 14.4. The summed E-state index contributed by atoms with van der Waals surface area (Å²) in [5, 5.41) is 13.6. The molecule has 6 heteroatoms. The van der Waals surface area contributed by atoms with E-state index in [9.17, 15) is 10.1 Å². The second-order valence-corrected chi connectivity index (χ2v) is 11.1. The third-order valence-corrected chi connectivity index (χ3v) is 8.41. The molecule has 6 nitrogen and oxygen atoms in total. The fraction of sp³-hybridized carbons (Fsp3) is 0.324. The highest BCUT2D eigenvalue weighted by molar-refractivity contribution is 6.08. The van der Waals surface area contributed by atoms with Crippen molar-refractivity contribution in [3.63, 3.8) is 0 Å². The van der Waals surface area contributed by atoms with Gasteiger partial charge in [0, 0.05) is 31.1 Å². The summed E-state index contributed by atoms with van der Waals surface area (Å²) in [5.41, 5.74) is 6.56. The Balaban J connectivity index is 1.37. The van der Waals surface area contributed by atoms with Gasteiger partial charge in [0.05, 0.1) is 22.7 Å². The number of pyridine rings is 1. The summed E-state index contributed by atoms with van der Waals surface area (Å²) in [6.07, 6.45) is 4.61. The molecule has 2 aliphatic heterocycles. The van der Waals surface area contributed by atoms with E-state index in [1.54, 1.807) is 0 Å². The van der Waals surface area contributed by atoms with Crippen molar-refractivity contribution in [1.29, 1.82) is 5.26 Å². The van der Waals surface area contributed by atoms with Gasteiger partial charge in [0.25, 0.3) is 5.91 Å². The number of anilines is 1.